The highest BCUT2D eigenvalue weighted by atomic mass is 16.6. The normalized spacial score (nSPS) is 12.5. The molecule has 8 heteroatoms. The maximum atomic E-state index is 11.9. The van der Waals surface area contributed by atoms with Gasteiger partial charge in [-0.25, -0.2) is 9.59 Å². The molecule has 0 unspecified atom stereocenters. The largest absolute Gasteiger partial charge is 0.481 e. The van der Waals surface area contributed by atoms with Gasteiger partial charge in [0.15, 0.2) is 0 Å². The van der Waals surface area contributed by atoms with Crippen LogP contribution in [0.3, 0.4) is 0 Å². The SMILES string of the molecule is CC(C)(C)OC(=O)N=C(CCCCCC(=O)O)NC(=O)OC(C)(C)C. The van der Waals surface area contributed by atoms with Gasteiger partial charge in [0.1, 0.15) is 17.0 Å². The molecular weight excluding hydrogens is 328 g/mol. The summed E-state index contributed by atoms with van der Waals surface area (Å²) in [5, 5.41) is 11.1. The van der Waals surface area contributed by atoms with Crippen LogP contribution in [0.4, 0.5) is 9.59 Å². The Hall–Kier alpha value is -2.12. The van der Waals surface area contributed by atoms with E-state index < -0.39 is 29.4 Å². The molecule has 144 valence electrons. The van der Waals surface area contributed by atoms with Crippen molar-refractivity contribution in [1.29, 1.82) is 0 Å². The molecule has 0 aromatic rings. The number of unbranched alkanes of at least 4 members (excludes halogenated alkanes) is 2. The van der Waals surface area contributed by atoms with Crippen molar-refractivity contribution in [3.8, 4) is 0 Å². The maximum Gasteiger partial charge on any atom is 0.435 e. The first kappa shape index (κ1) is 22.9. The van der Waals surface area contributed by atoms with Gasteiger partial charge in [-0.1, -0.05) is 6.42 Å². The number of nitrogens with one attached hydrogen (secondary N) is 1. The van der Waals surface area contributed by atoms with Gasteiger partial charge in [-0.15, -0.1) is 0 Å². The van der Waals surface area contributed by atoms with E-state index in [1.807, 2.05) is 0 Å². The molecule has 0 aromatic carbocycles. The fourth-order valence-corrected chi connectivity index (χ4v) is 1.71. The van der Waals surface area contributed by atoms with Crippen LogP contribution in [-0.4, -0.2) is 40.3 Å². The van der Waals surface area contributed by atoms with Gasteiger partial charge in [0, 0.05) is 12.8 Å². The number of carboxylic acid groups (broad SMARTS) is 1. The number of aliphatic carboxylic acids is 1. The zero-order chi connectivity index (χ0) is 19.7. The average Bonchev–Trinajstić information content (AvgIpc) is 2.32. The first-order valence-corrected chi connectivity index (χ1v) is 8.31. The van der Waals surface area contributed by atoms with Crippen LogP contribution in [0.2, 0.25) is 0 Å². The minimum absolute atomic E-state index is 0.0814. The summed E-state index contributed by atoms with van der Waals surface area (Å²) in [6, 6.07) is 0. The lowest BCUT2D eigenvalue weighted by molar-refractivity contribution is -0.137. The van der Waals surface area contributed by atoms with Gasteiger partial charge >= 0.3 is 18.2 Å². The van der Waals surface area contributed by atoms with E-state index in [2.05, 4.69) is 10.3 Å². The molecule has 0 spiro atoms. The van der Waals surface area contributed by atoms with Crippen molar-refractivity contribution in [3.05, 3.63) is 0 Å². The number of hydrogen-bond donors (Lipinski definition) is 2. The van der Waals surface area contributed by atoms with E-state index in [9.17, 15) is 14.4 Å². The number of aliphatic imine (C=N–C) groups is 1. The molecule has 0 aliphatic heterocycles. The first-order chi connectivity index (χ1) is 11.3. The Morgan fingerprint density at radius 2 is 1.40 bits per heavy atom. The molecule has 0 heterocycles. The molecule has 0 rings (SSSR count). The quantitative estimate of drug-likeness (QED) is 0.423. The number of amides is 2. The van der Waals surface area contributed by atoms with Crippen LogP contribution in [0, 0.1) is 0 Å². The van der Waals surface area contributed by atoms with Gasteiger partial charge in [0.05, 0.1) is 0 Å². The molecule has 2 N–H and O–H groups in total. The van der Waals surface area contributed by atoms with Crippen molar-refractivity contribution in [3.63, 3.8) is 0 Å². The number of carbonyl (C=O) groups excluding carboxylic acids is 2. The Balaban J connectivity index is 4.77. The lowest BCUT2D eigenvalue weighted by Crippen LogP contribution is -2.37. The number of ether oxygens (including phenoxy) is 2. The molecule has 0 fully saturated rings. The van der Waals surface area contributed by atoms with Crippen LogP contribution in [-0.2, 0) is 14.3 Å². The van der Waals surface area contributed by atoms with E-state index in [-0.39, 0.29) is 12.3 Å². The second-order valence-electron chi connectivity index (χ2n) is 7.62. The summed E-state index contributed by atoms with van der Waals surface area (Å²) in [5.41, 5.74) is -1.37. The summed E-state index contributed by atoms with van der Waals surface area (Å²) in [6.45, 7) is 10.3. The van der Waals surface area contributed by atoms with Crippen molar-refractivity contribution in [1.82, 2.24) is 5.32 Å². The Labute approximate surface area is 149 Å². The van der Waals surface area contributed by atoms with E-state index in [0.717, 1.165) is 0 Å². The van der Waals surface area contributed by atoms with Gasteiger partial charge in [-0.2, -0.15) is 4.99 Å². The number of rotatable bonds is 6. The fourth-order valence-electron chi connectivity index (χ4n) is 1.71. The molecule has 0 aromatic heterocycles. The molecule has 0 radical (unpaired) electrons. The number of nitrogens with zero attached hydrogens (tertiary/aromatic N) is 1. The zero-order valence-corrected chi connectivity index (χ0v) is 16.0. The summed E-state index contributed by atoms with van der Waals surface area (Å²) >= 11 is 0. The molecular formula is C17H30N2O6. The summed E-state index contributed by atoms with van der Waals surface area (Å²) in [7, 11) is 0. The Kier molecular flexibility index (Phi) is 9.16. The van der Waals surface area contributed by atoms with Crippen molar-refractivity contribution < 1.29 is 29.0 Å². The predicted octanol–water partition coefficient (Wildman–Crippen LogP) is 3.88. The summed E-state index contributed by atoms with van der Waals surface area (Å²) in [5.74, 6) is -0.714. The highest BCUT2D eigenvalue weighted by molar-refractivity contribution is 6.00. The third-order valence-electron chi connectivity index (χ3n) is 2.57. The average molecular weight is 358 g/mol. The Morgan fingerprint density at radius 3 is 1.88 bits per heavy atom. The number of alkyl carbamates (subject to hydrolysis) is 1. The van der Waals surface area contributed by atoms with E-state index in [4.69, 9.17) is 14.6 Å². The number of carbonyl (C=O) groups is 3. The van der Waals surface area contributed by atoms with E-state index >= 15 is 0 Å². The number of amidine groups is 1. The summed E-state index contributed by atoms with van der Waals surface area (Å²) in [6.07, 6.45) is 0.599. The Bertz CT molecular complexity index is 500. The number of hydrogen-bond acceptors (Lipinski definition) is 5. The van der Waals surface area contributed by atoms with Gasteiger partial charge in [-0.3, -0.25) is 10.1 Å². The van der Waals surface area contributed by atoms with Gasteiger partial charge in [0.25, 0.3) is 0 Å². The smallest absolute Gasteiger partial charge is 0.435 e. The lowest BCUT2D eigenvalue weighted by atomic mass is 10.1. The van der Waals surface area contributed by atoms with E-state index in [1.54, 1.807) is 41.5 Å². The zero-order valence-electron chi connectivity index (χ0n) is 16.0. The van der Waals surface area contributed by atoms with Crippen molar-refractivity contribution in [2.75, 3.05) is 0 Å². The second-order valence-corrected chi connectivity index (χ2v) is 7.62. The highest BCUT2D eigenvalue weighted by Crippen LogP contribution is 2.10. The van der Waals surface area contributed by atoms with Crippen LogP contribution in [0.15, 0.2) is 4.99 Å². The minimum atomic E-state index is -0.852. The molecule has 8 nitrogen and oxygen atoms in total. The molecule has 0 saturated carbocycles. The van der Waals surface area contributed by atoms with Crippen LogP contribution >= 0.6 is 0 Å². The highest BCUT2D eigenvalue weighted by Gasteiger charge is 2.20. The van der Waals surface area contributed by atoms with Gasteiger partial charge in [-0.05, 0) is 54.4 Å². The minimum Gasteiger partial charge on any atom is -0.481 e. The molecule has 0 bridgehead atoms. The molecule has 0 aliphatic carbocycles. The molecule has 0 aliphatic rings. The first-order valence-electron chi connectivity index (χ1n) is 8.31. The summed E-state index contributed by atoms with van der Waals surface area (Å²) in [4.78, 5) is 38.0. The van der Waals surface area contributed by atoms with E-state index in [1.165, 1.54) is 0 Å². The molecule has 2 amide bonds. The van der Waals surface area contributed by atoms with Crippen LogP contribution in [0.1, 0.15) is 73.6 Å². The fraction of sp³-hybridized carbons (Fsp3) is 0.765. The monoisotopic (exact) mass is 358 g/mol. The van der Waals surface area contributed by atoms with Gasteiger partial charge in [0.2, 0.25) is 0 Å². The topological polar surface area (TPSA) is 114 Å². The van der Waals surface area contributed by atoms with Gasteiger partial charge < -0.3 is 14.6 Å². The van der Waals surface area contributed by atoms with Crippen molar-refractivity contribution in [2.45, 2.75) is 84.8 Å². The lowest BCUT2D eigenvalue weighted by Gasteiger charge is -2.20. The van der Waals surface area contributed by atoms with Crippen molar-refractivity contribution in [2.24, 2.45) is 4.99 Å². The third kappa shape index (κ3) is 15.2. The number of carboxylic acids is 1. The molecule has 0 atom stereocenters. The maximum absolute atomic E-state index is 11.9. The van der Waals surface area contributed by atoms with Crippen LogP contribution in [0.25, 0.3) is 0 Å². The molecule has 25 heavy (non-hydrogen) atoms. The van der Waals surface area contributed by atoms with Crippen molar-refractivity contribution >= 4 is 24.0 Å². The molecule has 0 saturated heterocycles. The van der Waals surface area contributed by atoms with Crippen LogP contribution < -0.4 is 5.32 Å². The predicted molar refractivity (Wildman–Crippen MR) is 93.8 cm³/mol. The second kappa shape index (κ2) is 10.0. The van der Waals surface area contributed by atoms with E-state index in [0.29, 0.717) is 25.7 Å². The Morgan fingerprint density at radius 1 is 0.880 bits per heavy atom. The standard InChI is InChI=1S/C17H30N2O6/c1-16(2,3)24-14(22)18-12(10-8-7-9-11-13(20)21)19-15(23)25-17(4,5)6/h7-11H2,1-6H3,(H,20,21)(H,18,19,22,23). The van der Waals surface area contributed by atoms with Crippen LogP contribution in [0.5, 0.6) is 0 Å². The summed E-state index contributed by atoms with van der Waals surface area (Å²) < 4.78 is 10.3. The third-order valence-corrected chi connectivity index (χ3v) is 2.57.